The molecule has 7 nitrogen and oxygen atoms in total. The molecule has 1 unspecified atom stereocenters. The fourth-order valence-corrected chi connectivity index (χ4v) is 3.84. The summed E-state index contributed by atoms with van der Waals surface area (Å²) in [6.07, 6.45) is 0.814. The van der Waals surface area contributed by atoms with Gasteiger partial charge in [-0.3, -0.25) is 14.0 Å². The third-order valence-electron chi connectivity index (χ3n) is 3.73. The molecule has 0 amide bonds. The molecule has 1 aromatic carbocycles. The predicted octanol–water partition coefficient (Wildman–Crippen LogP) is 3.02. The van der Waals surface area contributed by atoms with Crippen molar-refractivity contribution in [3.05, 3.63) is 56.7 Å². The summed E-state index contributed by atoms with van der Waals surface area (Å²) < 4.78 is 57.9. The van der Waals surface area contributed by atoms with E-state index in [1.807, 2.05) is 16.3 Å². The van der Waals surface area contributed by atoms with Crippen molar-refractivity contribution < 1.29 is 31.2 Å². The predicted molar refractivity (Wildman–Crippen MR) is 98.8 cm³/mol. The summed E-state index contributed by atoms with van der Waals surface area (Å²) in [4.78, 5) is 15.8. The molecule has 10 heteroatoms. The van der Waals surface area contributed by atoms with Gasteiger partial charge in [0, 0.05) is 23.0 Å². The van der Waals surface area contributed by atoms with E-state index in [0.29, 0.717) is 23.7 Å². The van der Waals surface area contributed by atoms with Crippen molar-refractivity contribution in [2.24, 2.45) is 0 Å². The Hall–Kier alpha value is -1.49. The van der Waals surface area contributed by atoms with E-state index < -0.39 is 29.4 Å². The van der Waals surface area contributed by atoms with Gasteiger partial charge in [-0.2, -0.15) is 8.42 Å². The number of nitrogens with zero attached hydrogens (tertiary/aromatic N) is 1. The second-order valence-corrected chi connectivity index (χ2v) is 7.69. The average molecular weight is 423 g/mol. The molecule has 2 aromatic rings. The summed E-state index contributed by atoms with van der Waals surface area (Å²) in [5, 5.41) is 2.44. The zero-order chi connectivity index (χ0) is 21.8. The van der Waals surface area contributed by atoms with E-state index in [0.717, 1.165) is 12.0 Å². The lowest BCUT2D eigenvalue weighted by Gasteiger charge is -2.33. The standard InChI is InChI=1S/C16H16ClNO2S.H2O4S/c1-20-16(19)15(12-4-2-3-5-13(12)17)18-8-6-14-11(10-18)7-9-21-14;1-5(2,3)4/h2-5,7,9,15H,6,8,10H2,1H3;(H2,1,2,3,4)/i1D3;. The Bertz CT molecular complexity index is 956. The van der Waals surface area contributed by atoms with E-state index in [1.165, 1.54) is 4.88 Å². The zero-order valence-corrected chi connectivity index (χ0v) is 15.7. The molecule has 1 aliphatic rings. The van der Waals surface area contributed by atoms with Gasteiger partial charge >= 0.3 is 16.4 Å². The fourth-order valence-electron chi connectivity index (χ4n) is 2.72. The lowest BCUT2D eigenvalue weighted by Crippen LogP contribution is -2.38. The van der Waals surface area contributed by atoms with Crippen molar-refractivity contribution in [1.82, 2.24) is 4.90 Å². The molecule has 1 atom stereocenters. The first-order valence-corrected chi connectivity index (χ1v) is 9.97. The second kappa shape index (κ2) is 8.94. The molecule has 0 fully saturated rings. The third kappa shape index (κ3) is 5.76. The maximum absolute atomic E-state index is 12.6. The zero-order valence-electron chi connectivity index (χ0n) is 16.3. The molecule has 1 aliphatic heterocycles. The molecule has 0 saturated heterocycles. The number of ether oxygens (including phenoxy) is 1. The minimum Gasteiger partial charge on any atom is -0.468 e. The van der Waals surface area contributed by atoms with Crippen molar-refractivity contribution in [3.8, 4) is 0 Å². The van der Waals surface area contributed by atoms with Crippen LogP contribution >= 0.6 is 22.9 Å². The first-order chi connectivity index (χ1) is 13.3. The first kappa shape index (κ1) is 16.7. The van der Waals surface area contributed by atoms with E-state index in [1.54, 1.807) is 35.6 Å². The molecular formula is C16H18ClNO6S2. The van der Waals surface area contributed by atoms with Crippen molar-refractivity contribution in [1.29, 1.82) is 0 Å². The number of methoxy groups -OCH3 is 1. The Kier molecular flexibility index (Phi) is 5.73. The van der Waals surface area contributed by atoms with Crippen molar-refractivity contribution in [2.75, 3.05) is 13.6 Å². The quantitative estimate of drug-likeness (QED) is 0.578. The van der Waals surface area contributed by atoms with Gasteiger partial charge in [-0.25, -0.2) is 4.79 Å². The van der Waals surface area contributed by atoms with Crippen LogP contribution in [0.1, 0.15) is 26.2 Å². The van der Waals surface area contributed by atoms with E-state index in [-0.39, 0.29) is 0 Å². The van der Waals surface area contributed by atoms with Crippen LogP contribution in [0.3, 0.4) is 0 Å². The molecule has 0 aliphatic carbocycles. The average Bonchev–Trinajstić information content (AvgIpc) is 3.01. The Morgan fingerprint density at radius 2 is 2.08 bits per heavy atom. The number of fused-ring (bicyclic) bond motifs is 1. The number of carbonyl (C=O) groups is 1. The van der Waals surface area contributed by atoms with Gasteiger partial charge in [0.2, 0.25) is 0 Å². The summed E-state index contributed by atoms with van der Waals surface area (Å²) in [7, 11) is -7.44. The second-order valence-electron chi connectivity index (χ2n) is 5.38. The van der Waals surface area contributed by atoms with Crippen molar-refractivity contribution in [2.45, 2.75) is 19.0 Å². The topological polar surface area (TPSA) is 104 Å². The van der Waals surface area contributed by atoms with Gasteiger partial charge in [0.1, 0.15) is 6.04 Å². The van der Waals surface area contributed by atoms with Gasteiger partial charge in [0.05, 0.1) is 11.2 Å². The fraction of sp³-hybridized carbons (Fsp3) is 0.312. The Morgan fingerprint density at radius 1 is 1.38 bits per heavy atom. The first-order valence-electron chi connectivity index (χ1n) is 8.81. The molecule has 2 N–H and O–H groups in total. The van der Waals surface area contributed by atoms with Gasteiger partial charge < -0.3 is 4.74 Å². The normalized spacial score (nSPS) is 17.6. The van der Waals surface area contributed by atoms with Crippen LogP contribution < -0.4 is 0 Å². The van der Waals surface area contributed by atoms with E-state index >= 15 is 0 Å². The highest BCUT2D eigenvalue weighted by Crippen LogP contribution is 2.33. The smallest absolute Gasteiger partial charge is 0.394 e. The van der Waals surface area contributed by atoms with Gasteiger partial charge in [-0.1, -0.05) is 29.8 Å². The number of carbonyl (C=O) groups excluding carboxylic acids is 1. The lowest BCUT2D eigenvalue weighted by atomic mass is 10.0. The van der Waals surface area contributed by atoms with Gasteiger partial charge in [-0.05, 0) is 35.1 Å². The highest BCUT2D eigenvalue weighted by Gasteiger charge is 2.32. The summed E-state index contributed by atoms with van der Waals surface area (Å²) in [5.41, 5.74) is 1.72. The van der Waals surface area contributed by atoms with Crippen LogP contribution in [0.2, 0.25) is 5.02 Å². The summed E-state index contributed by atoms with van der Waals surface area (Å²) >= 11 is 7.96. The van der Waals surface area contributed by atoms with Crippen LogP contribution in [-0.4, -0.2) is 42.0 Å². The molecule has 0 spiro atoms. The van der Waals surface area contributed by atoms with Gasteiger partial charge in [0.25, 0.3) is 0 Å². The summed E-state index contributed by atoms with van der Waals surface area (Å²) in [6, 6.07) is 8.16. The van der Waals surface area contributed by atoms with Crippen LogP contribution in [0.25, 0.3) is 0 Å². The molecule has 1 aromatic heterocycles. The minimum atomic E-state index is -4.67. The van der Waals surface area contributed by atoms with Crippen molar-refractivity contribution >= 4 is 39.3 Å². The van der Waals surface area contributed by atoms with Crippen molar-refractivity contribution in [3.63, 3.8) is 0 Å². The highest BCUT2D eigenvalue weighted by molar-refractivity contribution is 7.79. The SMILES string of the molecule is O=S(=O)(O)O.[2H]C([2H])([2H])OC(=O)C(c1ccccc1Cl)N1CCc2sccc2C1. The number of thiophene rings is 1. The van der Waals surface area contributed by atoms with E-state index in [4.69, 9.17) is 38.0 Å². The molecule has 2 heterocycles. The van der Waals surface area contributed by atoms with Gasteiger partial charge in [0.15, 0.2) is 0 Å². The largest absolute Gasteiger partial charge is 0.468 e. The molecule has 142 valence electrons. The minimum absolute atomic E-state index is 0.418. The molecule has 0 radical (unpaired) electrons. The Labute approximate surface area is 165 Å². The number of hydrogen-bond donors (Lipinski definition) is 2. The van der Waals surface area contributed by atoms with Crippen LogP contribution in [0, 0.1) is 0 Å². The maximum atomic E-state index is 12.6. The number of rotatable bonds is 3. The van der Waals surface area contributed by atoms with Crippen LogP contribution in [0.4, 0.5) is 0 Å². The van der Waals surface area contributed by atoms with Gasteiger partial charge in [-0.15, -0.1) is 11.3 Å². The number of benzene rings is 1. The number of hydrogen-bond acceptors (Lipinski definition) is 6. The molecule has 26 heavy (non-hydrogen) atoms. The summed E-state index contributed by atoms with van der Waals surface area (Å²) in [6.45, 7) is 1.20. The third-order valence-corrected chi connectivity index (χ3v) is 5.09. The van der Waals surface area contributed by atoms with Crippen LogP contribution in [0.15, 0.2) is 35.7 Å². The van der Waals surface area contributed by atoms with E-state index in [9.17, 15) is 4.79 Å². The molecule has 0 bridgehead atoms. The number of esters is 1. The Morgan fingerprint density at radius 3 is 2.73 bits per heavy atom. The maximum Gasteiger partial charge on any atom is 0.394 e. The summed E-state index contributed by atoms with van der Waals surface area (Å²) in [5.74, 6) is -0.804. The molecule has 3 rings (SSSR count). The molecular weight excluding hydrogens is 402 g/mol. The van der Waals surface area contributed by atoms with Crippen LogP contribution in [0.5, 0.6) is 0 Å². The van der Waals surface area contributed by atoms with Crippen LogP contribution in [-0.2, 0) is 32.9 Å². The monoisotopic (exact) mass is 422 g/mol. The highest BCUT2D eigenvalue weighted by atomic mass is 35.5. The lowest BCUT2D eigenvalue weighted by molar-refractivity contribution is -0.147. The number of halogens is 1. The molecule has 0 saturated carbocycles. The Balaban J connectivity index is 0.000000537. The van der Waals surface area contributed by atoms with E-state index in [2.05, 4.69) is 0 Å².